The molecule has 2 fully saturated rings. The molecule has 0 bridgehead atoms. The number of hydrogen-bond acceptors (Lipinski definition) is 3. The quantitative estimate of drug-likeness (QED) is 0.745. The lowest BCUT2D eigenvalue weighted by atomic mass is 10.0. The summed E-state index contributed by atoms with van der Waals surface area (Å²) >= 11 is 5.95. The van der Waals surface area contributed by atoms with Crippen molar-refractivity contribution in [3.05, 3.63) is 64.7 Å². The molecule has 1 aliphatic heterocycles. The summed E-state index contributed by atoms with van der Waals surface area (Å²) < 4.78 is 5.74. The van der Waals surface area contributed by atoms with Crippen LogP contribution in [0.1, 0.15) is 41.6 Å². The average Bonchev–Trinajstić information content (AvgIpc) is 3.54. The van der Waals surface area contributed by atoms with E-state index in [2.05, 4.69) is 22.3 Å². The van der Waals surface area contributed by atoms with Gasteiger partial charge in [-0.05, 0) is 73.6 Å². The van der Waals surface area contributed by atoms with E-state index in [1.165, 1.54) is 18.4 Å². The van der Waals surface area contributed by atoms with Crippen LogP contribution in [0.4, 0.5) is 0 Å². The maximum Gasteiger partial charge on any atom is 0.251 e. The fourth-order valence-electron chi connectivity index (χ4n) is 3.55. The number of nitrogens with one attached hydrogen (secondary N) is 1. The Hall–Kier alpha value is -2.04. The van der Waals surface area contributed by atoms with E-state index in [1.54, 1.807) is 0 Å². The topological polar surface area (TPSA) is 41.6 Å². The fourth-order valence-corrected chi connectivity index (χ4v) is 3.68. The summed E-state index contributed by atoms with van der Waals surface area (Å²) in [6.45, 7) is 3.70. The molecule has 5 heteroatoms. The summed E-state index contributed by atoms with van der Waals surface area (Å²) in [6.07, 6.45) is 4.50. The van der Waals surface area contributed by atoms with Crippen LogP contribution in [0.5, 0.6) is 5.75 Å². The van der Waals surface area contributed by atoms with E-state index in [9.17, 15) is 4.79 Å². The maximum atomic E-state index is 12.5. The molecule has 28 heavy (non-hydrogen) atoms. The van der Waals surface area contributed by atoms with Gasteiger partial charge in [-0.1, -0.05) is 23.7 Å². The van der Waals surface area contributed by atoms with E-state index in [0.717, 1.165) is 55.8 Å². The fraction of sp³-hybridized carbons (Fsp3) is 0.435. The lowest BCUT2D eigenvalue weighted by Gasteiger charge is -2.32. The predicted octanol–water partition coefficient (Wildman–Crippen LogP) is 4.52. The highest BCUT2D eigenvalue weighted by atomic mass is 35.5. The van der Waals surface area contributed by atoms with E-state index in [-0.39, 0.29) is 11.9 Å². The first kappa shape index (κ1) is 19.3. The number of carbonyl (C=O) groups excluding carboxylic acids is 1. The van der Waals surface area contributed by atoms with Gasteiger partial charge in [-0.25, -0.2) is 0 Å². The molecule has 2 aromatic rings. The van der Waals surface area contributed by atoms with Crippen molar-refractivity contribution >= 4 is 17.5 Å². The molecule has 1 heterocycles. The number of hydrogen-bond donors (Lipinski definition) is 1. The third-order valence-electron chi connectivity index (χ3n) is 5.54. The molecule has 0 radical (unpaired) electrons. The number of ether oxygens (including phenoxy) is 1. The number of carbonyl (C=O) groups is 1. The molecule has 2 aromatic carbocycles. The van der Waals surface area contributed by atoms with Crippen LogP contribution in [-0.4, -0.2) is 36.5 Å². The van der Waals surface area contributed by atoms with Crippen molar-refractivity contribution in [3.63, 3.8) is 0 Å². The minimum atomic E-state index is 0.00453. The average molecular weight is 399 g/mol. The molecule has 1 saturated carbocycles. The molecular weight excluding hydrogens is 372 g/mol. The lowest BCUT2D eigenvalue weighted by Crippen LogP contribution is -2.44. The zero-order valence-corrected chi connectivity index (χ0v) is 16.8. The zero-order valence-electron chi connectivity index (χ0n) is 16.1. The van der Waals surface area contributed by atoms with Crippen LogP contribution >= 0.6 is 11.6 Å². The van der Waals surface area contributed by atoms with Crippen LogP contribution in [0, 0.1) is 5.92 Å². The molecule has 4 nitrogen and oxygen atoms in total. The van der Waals surface area contributed by atoms with Crippen LogP contribution in [0.2, 0.25) is 5.02 Å². The summed E-state index contributed by atoms with van der Waals surface area (Å²) in [7, 11) is 0. The Morgan fingerprint density at radius 3 is 2.32 bits per heavy atom. The molecule has 1 aliphatic carbocycles. The van der Waals surface area contributed by atoms with Crippen molar-refractivity contribution in [1.29, 1.82) is 0 Å². The molecule has 0 atom stereocenters. The number of halogens is 1. The largest absolute Gasteiger partial charge is 0.493 e. The van der Waals surface area contributed by atoms with E-state index < -0.39 is 0 Å². The summed E-state index contributed by atoms with van der Waals surface area (Å²) in [5.41, 5.74) is 1.97. The molecule has 0 aromatic heterocycles. The first-order chi connectivity index (χ1) is 13.7. The Labute approximate surface area is 171 Å². The molecular formula is C23H27ClN2O2. The first-order valence-corrected chi connectivity index (χ1v) is 10.5. The number of nitrogens with zero attached hydrogens (tertiary/aromatic N) is 1. The van der Waals surface area contributed by atoms with Gasteiger partial charge in [0.1, 0.15) is 5.75 Å². The van der Waals surface area contributed by atoms with Gasteiger partial charge in [0.2, 0.25) is 0 Å². The van der Waals surface area contributed by atoms with Crippen molar-refractivity contribution < 1.29 is 9.53 Å². The van der Waals surface area contributed by atoms with Crippen LogP contribution in [0.15, 0.2) is 48.5 Å². The van der Waals surface area contributed by atoms with Crippen molar-refractivity contribution in [2.24, 2.45) is 5.92 Å². The molecule has 1 N–H and O–H groups in total. The number of benzene rings is 2. The molecule has 2 aliphatic rings. The maximum absolute atomic E-state index is 12.5. The lowest BCUT2D eigenvalue weighted by molar-refractivity contribution is 0.0909. The van der Waals surface area contributed by atoms with Crippen LogP contribution in [0.3, 0.4) is 0 Å². The number of likely N-dealkylation sites (tertiary alicyclic amines) is 1. The summed E-state index contributed by atoms with van der Waals surface area (Å²) in [5, 5.41) is 3.95. The van der Waals surface area contributed by atoms with Crippen molar-refractivity contribution in [3.8, 4) is 5.75 Å². The Kier molecular flexibility index (Phi) is 6.18. The van der Waals surface area contributed by atoms with Gasteiger partial charge in [-0.2, -0.15) is 0 Å². The van der Waals surface area contributed by atoms with Crippen LogP contribution < -0.4 is 10.1 Å². The highest BCUT2D eigenvalue weighted by Crippen LogP contribution is 2.29. The van der Waals surface area contributed by atoms with Gasteiger partial charge in [-0.15, -0.1) is 0 Å². The normalized spacial score (nSPS) is 18.0. The Morgan fingerprint density at radius 2 is 1.68 bits per heavy atom. The smallest absolute Gasteiger partial charge is 0.251 e. The molecule has 0 spiro atoms. The van der Waals surface area contributed by atoms with Gasteiger partial charge in [0.05, 0.1) is 6.61 Å². The summed E-state index contributed by atoms with van der Waals surface area (Å²) in [6, 6.07) is 15.8. The Balaban J connectivity index is 1.21. The van der Waals surface area contributed by atoms with Crippen molar-refractivity contribution in [2.75, 3.05) is 19.7 Å². The third-order valence-corrected chi connectivity index (χ3v) is 5.79. The van der Waals surface area contributed by atoms with E-state index in [0.29, 0.717) is 5.56 Å². The molecule has 4 rings (SSSR count). The first-order valence-electron chi connectivity index (χ1n) is 10.2. The Morgan fingerprint density at radius 1 is 1.00 bits per heavy atom. The summed E-state index contributed by atoms with van der Waals surface area (Å²) in [5.74, 6) is 1.58. The van der Waals surface area contributed by atoms with Crippen LogP contribution in [0.25, 0.3) is 0 Å². The molecule has 1 saturated heterocycles. The van der Waals surface area contributed by atoms with E-state index >= 15 is 0 Å². The second-order valence-electron chi connectivity index (χ2n) is 7.93. The zero-order chi connectivity index (χ0) is 19.3. The number of piperidine rings is 1. The summed E-state index contributed by atoms with van der Waals surface area (Å²) in [4.78, 5) is 15.0. The predicted molar refractivity (Wildman–Crippen MR) is 112 cm³/mol. The third kappa shape index (κ3) is 5.49. The van der Waals surface area contributed by atoms with Gasteiger partial charge in [-0.3, -0.25) is 9.69 Å². The highest BCUT2D eigenvalue weighted by molar-refractivity contribution is 6.30. The SMILES string of the molecule is O=C(NC1CCN(Cc2ccc(Cl)cc2)CC1)c1ccc(OCC2CC2)cc1. The van der Waals surface area contributed by atoms with Gasteiger partial charge >= 0.3 is 0 Å². The standard InChI is InChI=1S/C23H27ClN2O2/c24-20-7-3-17(4-8-20)15-26-13-11-21(12-14-26)25-23(27)19-5-9-22(10-6-19)28-16-18-1-2-18/h3-10,18,21H,1-2,11-16H2,(H,25,27). The van der Waals surface area contributed by atoms with Gasteiger partial charge < -0.3 is 10.1 Å². The second kappa shape index (κ2) is 8.97. The number of amides is 1. The van der Waals surface area contributed by atoms with Gasteiger partial charge in [0.25, 0.3) is 5.91 Å². The minimum absolute atomic E-state index is 0.00453. The van der Waals surface area contributed by atoms with E-state index in [4.69, 9.17) is 16.3 Å². The monoisotopic (exact) mass is 398 g/mol. The van der Waals surface area contributed by atoms with Gasteiger partial charge in [0, 0.05) is 36.3 Å². The van der Waals surface area contributed by atoms with Crippen molar-refractivity contribution in [1.82, 2.24) is 10.2 Å². The van der Waals surface area contributed by atoms with Gasteiger partial charge in [0.15, 0.2) is 0 Å². The molecule has 0 unspecified atom stereocenters. The second-order valence-corrected chi connectivity index (χ2v) is 8.37. The minimum Gasteiger partial charge on any atom is -0.493 e. The van der Waals surface area contributed by atoms with Crippen molar-refractivity contribution in [2.45, 2.75) is 38.3 Å². The molecule has 148 valence electrons. The van der Waals surface area contributed by atoms with E-state index in [1.807, 2.05) is 36.4 Å². The Bertz CT molecular complexity index is 779. The number of rotatable bonds is 7. The molecule has 1 amide bonds. The van der Waals surface area contributed by atoms with Crippen LogP contribution in [-0.2, 0) is 6.54 Å². The highest BCUT2D eigenvalue weighted by Gasteiger charge is 2.23.